The third-order valence-corrected chi connectivity index (χ3v) is 4.17. The third kappa shape index (κ3) is 3.64. The van der Waals surface area contributed by atoms with Crippen LogP contribution < -0.4 is 10.6 Å². The van der Waals surface area contributed by atoms with Gasteiger partial charge in [0.25, 0.3) is 11.8 Å². The molecule has 0 aromatic carbocycles. The van der Waals surface area contributed by atoms with Crippen molar-refractivity contribution in [2.75, 3.05) is 19.6 Å². The molecule has 8 heteroatoms. The molecule has 2 amide bonds. The van der Waals surface area contributed by atoms with Crippen LogP contribution >= 0.6 is 0 Å². The maximum Gasteiger partial charge on any atom is 0.267 e. The van der Waals surface area contributed by atoms with Gasteiger partial charge in [0.2, 0.25) is 5.91 Å². The Labute approximate surface area is 132 Å². The second kappa shape index (κ2) is 6.19. The Balaban J connectivity index is 1.53. The first-order chi connectivity index (χ1) is 10.9. The predicted molar refractivity (Wildman–Crippen MR) is 78.0 cm³/mol. The zero-order valence-corrected chi connectivity index (χ0v) is 12.5. The molecule has 2 saturated heterocycles. The minimum absolute atomic E-state index is 0.0801. The molecule has 0 aliphatic carbocycles. The number of carbonyl (C=O) groups is 2. The molecule has 0 spiro atoms. The summed E-state index contributed by atoms with van der Waals surface area (Å²) in [7, 11) is 0. The lowest BCUT2D eigenvalue weighted by Gasteiger charge is -2.20. The summed E-state index contributed by atoms with van der Waals surface area (Å²) in [6, 6.07) is 2.59. The minimum Gasteiger partial charge on any atom is -0.348 e. The van der Waals surface area contributed by atoms with Crippen LogP contribution in [0.25, 0.3) is 0 Å². The zero-order valence-electron chi connectivity index (χ0n) is 12.5. The van der Waals surface area contributed by atoms with Crippen molar-refractivity contribution in [3.05, 3.63) is 30.1 Å². The van der Waals surface area contributed by atoms with Crippen molar-refractivity contribution in [3.8, 4) is 0 Å². The number of hydrogen-bond donors (Lipinski definition) is 2. The molecule has 0 unspecified atom stereocenters. The summed E-state index contributed by atoms with van der Waals surface area (Å²) in [5, 5.41) is 5.83. The number of nitrogens with zero attached hydrogens (tertiary/aromatic N) is 2. The van der Waals surface area contributed by atoms with Crippen molar-refractivity contribution in [2.24, 2.45) is 0 Å². The summed E-state index contributed by atoms with van der Waals surface area (Å²) in [5.41, 5.74) is 0.446. The van der Waals surface area contributed by atoms with Gasteiger partial charge < -0.3 is 15.5 Å². The van der Waals surface area contributed by atoms with Gasteiger partial charge in [0.15, 0.2) is 0 Å². The van der Waals surface area contributed by atoms with E-state index < -0.39 is 18.5 Å². The maximum absolute atomic E-state index is 13.2. The number of alkyl halides is 2. The standard InChI is InChI=1S/C15H18F2N4O2/c16-15(17)3-5-21(9-15)14(23)12-6-11(8-19-12)20-13(22)10-2-1-4-18-7-10/h1-2,4,7,11-12,19H,3,5-6,8-9H2,(H,20,22)/t11-,12-/m0/s1. The highest BCUT2D eigenvalue weighted by Gasteiger charge is 2.43. The van der Waals surface area contributed by atoms with E-state index in [0.29, 0.717) is 18.5 Å². The molecule has 2 atom stereocenters. The molecular weight excluding hydrogens is 306 g/mol. The molecule has 124 valence electrons. The van der Waals surface area contributed by atoms with Crippen LogP contribution in [-0.2, 0) is 4.79 Å². The molecule has 6 nitrogen and oxygen atoms in total. The van der Waals surface area contributed by atoms with Gasteiger partial charge in [0, 0.05) is 37.9 Å². The second-order valence-electron chi connectivity index (χ2n) is 5.97. The summed E-state index contributed by atoms with van der Waals surface area (Å²) in [6.45, 7) is 0.0000887. The average molecular weight is 324 g/mol. The highest BCUT2D eigenvalue weighted by Crippen LogP contribution is 2.27. The Morgan fingerprint density at radius 1 is 1.43 bits per heavy atom. The molecule has 1 aromatic rings. The molecule has 23 heavy (non-hydrogen) atoms. The average Bonchev–Trinajstić information content (AvgIpc) is 3.14. The van der Waals surface area contributed by atoms with Crippen molar-refractivity contribution < 1.29 is 18.4 Å². The summed E-state index contributed by atoms with van der Waals surface area (Å²) < 4.78 is 26.4. The van der Waals surface area contributed by atoms with E-state index in [0.717, 1.165) is 0 Å². The van der Waals surface area contributed by atoms with Crippen molar-refractivity contribution in [1.82, 2.24) is 20.5 Å². The molecular formula is C15H18F2N4O2. The quantitative estimate of drug-likeness (QED) is 0.845. The van der Waals surface area contributed by atoms with Crippen LogP contribution in [0.3, 0.4) is 0 Å². The Morgan fingerprint density at radius 3 is 2.91 bits per heavy atom. The van der Waals surface area contributed by atoms with E-state index in [2.05, 4.69) is 15.6 Å². The number of nitrogens with one attached hydrogen (secondary N) is 2. The molecule has 3 heterocycles. The molecule has 2 N–H and O–H groups in total. The van der Waals surface area contributed by atoms with Gasteiger partial charge in [-0.3, -0.25) is 14.6 Å². The van der Waals surface area contributed by atoms with Crippen molar-refractivity contribution >= 4 is 11.8 Å². The predicted octanol–water partition coefficient (Wildman–Crippen LogP) is 0.409. The van der Waals surface area contributed by atoms with Crippen molar-refractivity contribution in [2.45, 2.75) is 30.8 Å². The van der Waals surface area contributed by atoms with Gasteiger partial charge in [-0.15, -0.1) is 0 Å². The molecule has 2 aliphatic heterocycles. The Morgan fingerprint density at radius 2 is 2.26 bits per heavy atom. The van der Waals surface area contributed by atoms with Crippen LogP contribution in [0.5, 0.6) is 0 Å². The van der Waals surface area contributed by atoms with Crippen molar-refractivity contribution in [3.63, 3.8) is 0 Å². The number of hydrogen-bond acceptors (Lipinski definition) is 4. The number of halogens is 2. The smallest absolute Gasteiger partial charge is 0.267 e. The fourth-order valence-corrected chi connectivity index (χ4v) is 2.94. The minimum atomic E-state index is -2.79. The van der Waals surface area contributed by atoms with Crippen LogP contribution in [-0.4, -0.2) is 59.3 Å². The van der Waals surface area contributed by atoms with E-state index in [-0.39, 0.29) is 30.8 Å². The lowest BCUT2D eigenvalue weighted by atomic mass is 10.1. The normalized spacial score (nSPS) is 26.3. The van der Waals surface area contributed by atoms with E-state index in [1.54, 1.807) is 18.3 Å². The number of carbonyl (C=O) groups excluding carboxylic acids is 2. The fourth-order valence-electron chi connectivity index (χ4n) is 2.94. The Kier molecular flexibility index (Phi) is 4.25. The monoisotopic (exact) mass is 324 g/mol. The Hall–Kier alpha value is -2.09. The van der Waals surface area contributed by atoms with Gasteiger partial charge in [0.05, 0.1) is 18.2 Å². The second-order valence-corrected chi connectivity index (χ2v) is 5.97. The van der Waals surface area contributed by atoms with E-state index in [9.17, 15) is 18.4 Å². The van der Waals surface area contributed by atoms with Crippen molar-refractivity contribution in [1.29, 1.82) is 0 Å². The number of likely N-dealkylation sites (tertiary alicyclic amines) is 1. The van der Waals surface area contributed by atoms with Gasteiger partial charge in [-0.1, -0.05) is 0 Å². The molecule has 1 aromatic heterocycles. The summed E-state index contributed by atoms with van der Waals surface area (Å²) in [4.78, 5) is 29.4. The first-order valence-corrected chi connectivity index (χ1v) is 7.55. The summed E-state index contributed by atoms with van der Waals surface area (Å²) >= 11 is 0. The van der Waals surface area contributed by atoms with Gasteiger partial charge in [-0.2, -0.15) is 0 Å². The van der Waals surface area contributed by atoms with Gasteiger partial charge in [-0.25, -0.2) is 8.78 Å². The van der Waals surface area contributed by atoms with Crippen LogP contribution in [0.2, 0.25) is 0 Å². The van der Waals surface area contributed by atoms with Crippen LogP contribution in [0.4, 0.5) is 8.78 Å². The number of amides is 2. The van der Waals surface area contributed by atoms with E-state index in [1.807, 2.05) is 0 Å². The third-order valence-electron chi connectivity index (χ3n) is 4.17. The molecule has 0 radical (unpaired) electrons. The van der Waals surface area contributed by atoms with Gasteiger partial charge >= 0.3 is 0 Å². The number of pyridine rings is 1. The zero-order chi connectivity index (χ0) is 16.4. The van der Waals surface area contributed by atoms with E-state index >= 15 is 0 Å². The van der Waals surface area contributed by atoms with Gasteiger partial charge in [-0.05, 0) is 18.6 Å². The Bertz CT molecular complexity index is 596. The number of aromatic nitrogens is 1. The maximum atomic E-state index is 13.2. The fraction of sp³-hybridized carbons (Fsp3) is 0.533. The number of rotatable bonds is 3. The molecule has 3 rings (SSSR count). The lowest BCUT2D eigenvalue weighted by molar-refractivity contribution is -0.133. The van der Waals surface area contributed by atoms with Crippen LogP contribution in [0.15, 0.2) is 24.5 Å². The van der Waals surface area contributed by atoms with E-state index in [1.165, 1.54) is 11.1 Å². The van der Waals surface area contributed by atoms with Crippen LogP contribution in [0.1, 0.15) is 23.2 Å². The lowest BCUT2D eigenvalue weighted by Crippen LogP contribution is -2.43. The van der Waals surface area contributed by atoms with E-state index in [4.69, 9.17) is 0 Å². The molecule has 2 aliphatic rings. The summed E-state index contributed by atoms with van der Waals surface area (Å²) in [6.07, 6.45) is 3.15. The highest BCUT2D eigenvalue weighted by atomic mass is 19.3. The molecule has 2 fully saturated rings. The van der Waals surface area contributed by atoms with Crippen LogP contribution in [0, 0.1) is 0 Å². The topological polar surface area (TPSA) is 74.3 Å². The van der Waals surface area contributed by atoms with Gasteiger partial charge in [0.1, 0.15) is 0 Å². The highest BCUT2D eigenvalue weighted by molar-refractivity contribution is 5.94. The molecule has 0 saturated carbocycles. The molecule has 0 bridgehead atoms. The first kappa shape index (κ1) is 15.8. The summed E-state index contributed by atoms with van der Waals surface area (Å²) in [5.74, 6) is -3.37. The first-order valence-electron chi connectivity index (χ1n) is 7.55. The SMILES string of the molecule is O=C(N[C@@H]1CN[C@H](C(=O)N2CCC(F)(F)C2)C1)c1cccnc1. The largest absolute Gasteiger partial charge is 0.348 e.